The van der Waals surface area contributed by atoms with Crippen LogP contribution < -0.4 is 9.47 Å². The molecular weight excluding hydrogens is 364 g/mol. The van der Waals surface area contributed by atoms with Gasteiger partial charge in [0.05, 0.1) is 16.1 Å². The Morgan fingerprint density at radius 3 is 1.70 bits per heavy atom. The molecule has 5 heteroatoms. The first-order chi connectivity index (χ1) is 12.9. The van der Waals surface area contributed by atoms with E-state index in [9.17, 15) is 9.59 Å². The van der Waals surface area contributed by atoms with Crippen molar-refractivity contribution in [1.29, 1.82) is 0 Å². The third kappa shape index (κ3) is 4.74. The van der Waals surface area contributed by atoms with Gasteiger partial charge in [0, 0.05) is 6.07 Å². The lowest BCUT2D eigenvalue weighted by atomic mass is 10.1. The highest BCUT2D eigenvalue weighted by Crippen LogP contribution is 2.30. The van der Waals surface area contributed by atoms with Crippen molar-refractivity contribution < 1.29 is 19.1 Å². The van der Waals surface area contributed by atoms with Crippen molar-refractivity contribution >= 4 is 23.5 Å². The lowest BCUT2D eigenvalue weighted by Crippen LogP contribution is -2.10. The monoisotopic (exact) mass is 380 g/mol. The minimum atomic E-state index is -0.543. The third-order valence-electron chi connectivity index (χ3n) is 3.89. The van der Waals surface area contributed by atoms with E-state index in [0.29, 0.717) is 11.1 Å². The summed E-state index contributed by atoms with van der Waals surface area (Å²) >= 11 is 6.11. The van der Waals surface area contributed by atoms with E-state index < -0.39 is 11.9 Å². The average molecular weight is 381 g/mol. The normalized spacial score (nSPS) is 10.3. The van der Waals surface area contributed by atoms with E-state index in [0.717, 1.165) is 11.1 Å². The van der Waals surface area contributed by atoms with Gasteiger partial charge in [-0.05, 0) is 50.2 Å². The highest BCUT2D eigenvalue weighted by molar-refractivity contribution is 6.32. The Bertz CT molecular complexity index is 976. The number of hydrogen-bond acceptors (Lipinski definition) is 4. The molecule has 0 amide bonds. The summed E-state index contributed by atoms with van der Waals surface area (Å²) in [6.45, 7) is 3.86. The zero-order valence-corrected chi connectivity index (χ0v) is 15.6. The van der Waals surface area contributed by atoms with Gasteiger partial charge in [0.15, 0.2) is 5.75 Å². The molecule has 27 heavy (non-hydrogen) atoms. The predicted molar refractivity (Wildman–Crippen MR) is 104 cm³/mol. The number of rotatable bonds is 4. The second-order valence-electron chi connectivity index (χ2n) is 6.10. The summed E-state index contributed by atoms with van der Waals surface area (Å²) in [7, 11) is 0. The second-order valence-corrected chi connectivity index (χ2v) is 6.51. The number of benzene rings is 3. The minimum absolute atomic E-state index is 0.122. The Morgan fingerprint density at radius 1 is 0.704 bits per heavy atom. The van der Waals surface area contributed by atoms with Gasteiger partial charge in [-0.15, -0.1) is 0 Å². The van der Waals surface area contributed by atoms with Crippen LogP contribution in [0.5, 0.6) is 11.5 Å². The van der Waals surface area contributed by atoms with Gasteiger partial charge in [-0.2, -0.15) is 0 Å². The number of carbonyl (C=O) groups is 2. The lowest BCUT2D eigenvalue weighted by Gasteiger charge is -2.09. The third-order valence-corrected chi connectivity index (χ3v) is 4.20. The van der Waals surface area contributed by atoms with Crippen molar-refractivity contribution in [1.82, 2.24) is 0 Å². The topological polar surface area (TPSA) is 52.6 Å². The van der Waals surface area contributed by atoms with Crippen LogP contribution in [0.15, 0.2) is 66.7 Å². The van der Waals surface area contributed by atoms with Crippen LogP contribution in [-0.4, -0.2) is 11.9 Å². The fourth-order valence-corrected chi connectivity index (χ4v) is 2.49. The molecule has 3 aromatic rings. The summed E-state index contributed by atoms with van der Waals surface area (Å²) in [5.74, 6) is -0.694. The molecule has 0 fully saturated rings. The van der Waals surface area contributed by atoms with Crippen LogP contribution in [0.1, 0.15) is 31.8 Å². The molecule has 0 heterocycles. The highest BCUT2D eigenvalue weighted by Gasteiger charge is 2.14. The Balaban J connectivity index is 1.75. The van der Waals surface area contributed by atoms with Crippen LogP contribution >= 0.6 is 11.6 Å². The van der Waals surface area contributed by atoms with Crippen LogP contribution in [0.2, 0.25) is 5.02 Å². The van der Waals surface area contributed by atoms with E-state index in [-0.39, 0.29) is 16.5 Å². The molecular formula is C22H17ClO4. The van der Waals surface area contributed by atoms with Gasteiger partial charge in [-0.3, -0.25) is 0 Å². The Kier molecular flexibility index (Phi) is 5.57. The molecule has 0 bridgehead atoms. The Hall–Kier alpha value is -3.11. The predicted octanol–water partition coefficient (Wildman–Crippen LogP) is 5.40. The number of halogens is 1. The summed E-state index contributed by atoms with van der Waals surface area (Å²) in [4.78, 5) is 24.5. The van der Waals surface area contributed by atoms with E-state index >= 15 is 0 Å². The van der Waals surface area contributed by atoms with Gasteiger partial charge in [0.25, 0.3) is 0 Å². The Labute approximate surface area is 162 Å². The zero-order valence-electron chi connectivity index (χ0n) is 14.9. The van der Waals surface area contributed by atoms with Crippen LogP contribution in [0.4, 0.5) is 0 Å². The molecule has 0 aliphatic rings. The van der Waals surface area contributed by atoms with Gasteiger partial charge in [-0.1, -0.05) is 47.0 Å². The first-order valence-corrected chi connectivity index (χ1v) is 8.67. The zero-order chi connectivity index (χ0) is 19.4. The van der Waals surface area contributed by atoms with E-state index in [1.807, 2.05) is 38.1 Å². The maximum absolute atomic E-state index is 12.3. The highest BCUT2D eigenvalue weighted by atomic mass is 35.5. The molecule has 136 valence electrons. The fourth-order valence-electron chi connectivity index (χ4n) is 2.33. The van der Waals surface area contributed by atoms with Gasteiger partial charge in [0.1, 0.15) is 5.75 Å². The van der Waals surface area contributed by atoms with Crippen molar-refractivity contribution in [3.05, 3.63) is 94.0 Å². The smallest absolute Gasteiger partial charge is 0.343 e. The van der Waals surface area contributed by atoms with Crippen molar-refractivity contribution in [2.24, 2.45) is 0 Å². The molecule has 0 spiro atoms. The molecule has 0 atom stereocenters. The van der Waals surface area contributed by atoms with Crippen LogP contribution in [-0.2, 0) is 0 Å². The number of esters is 2. The molecule has 0 aliphatic carbocycles. The van der Waals surface area contributed by atoms with E-state index in [2.05, 4.69) is 0 Å². The van der Waals surface area contributed by atoms with Crippen molar-refractivity contribution in [3.63, 3.8) is 0 Å². The van der Waals surface area contributed by atoms with Crippen LogP contribution in [0, 0.1) is 13.8 Å². The summed E-state index contributed by atoms with van der Waals surface area (Å²) in [6, 6.07) is 18.5. The van der Waals surface area contributed by atoms with Gasteiger partial charge in [0.2, 0.25) is 0 Å². The van der Waals surface area contributed by atoms with E-state index in [1.165, 1.54) is 18.2 Å². The summed E-state index contributed by atoms with van der Waals surface area (Å²) in [5, 5.41) is 0.241. The lowest BCUT2D eigenvalue weighted by molar-refractivity contribution is 0.0733. The molecule has 3 aromatic carbocycles. The SMILES string of the molecule is Cc1ccc(C(=O)Oc2ccc(Cl)c(OC(=O)c3ccc(C)cc3)c2)cc1. The van der Waals surface area contributed by atoms with Crippen LogP contribution in [0.25, 0.3) is 0 Å². The maximum atomic E-state index is 12.3. The second kappa shape index (κ2) is 8.06. The quantitative estimate of drug-likeness (QED) is 0.449. The van der Waals surface area contributed by atoms with Crippen LogP contribution in [0.3, 0.4) is 0 Å². The number of hydrogen-bond donors (Lipinski definition) is 0. The van der Waals surface area contributed by atoms with Gasteiger partial charge >= 0.3 is 11.9 Å². The molecule has 4 nitrogen and oxygen atoms in total. The number of aryl methyl sites for hydroxylation is 2. The molecule has 3 rings (SSSR count). The standard InChI is InChI=1S/C22H17ClO4/c1-14-3-7-16(8-4-14)21(24)26-18-11-12-19(23)20(13-18)27-22(25)17-9-5-15(2)6-10-17/h3-13H,1-2H3. The number of ether oxygens (including phenoxy) is 2. The maximum Gasteiger partial charge on any atom is 0.343 e. The van der Waals surface area contributed by atoms with Crippen molar-refractivity contribution in [2.45, 2.75) is 13.8 Å². The van der Waals surface area contributed by atoms with Gasteiger partial charge < -0.3 is 9.47 Å². The molecule has 0 aromatic heterocycles. The first-order valence-electron chi connectivity index (χ1n) is 8.29. The Morgan fingerprint density at radius 2 is 1.19 bits per heavy atom. The van der Waals surface area contributed by atoms with Gasteiger partial charge in [-0.25, -0.2) is 9.59 Å². The van der Waals surface area contributed by atoms with E-state index in [4.69, 9.17) is 21.1 Å². The molecule has 0 saturated heterocycles. The molecule has 0 N–H and O–H groups in total. The summed E-state index contributed by atoms with van der Waals surface area (Å²) < 4.78 is 10.7. The van der Waals surface area contributed by atoms with Crippen molar-refractivity contribution in [2.75, 3.05) is 0 Å². The summed E-state index contributed by atoms with van der Waals surface area (Å²) in [5.41, 5.74) is 2.91. The molecule has 0 saturated carbocycles. The summed E-state index contributed by atoms with van der Waals surface area (Å²) in [6.07, 6.45) is 0. The first kappa shape index (κ1) is 18.7. The molecule has 0 aliphatic heterocycles. The molecule has 0 unspecified atom stereocenters. The number of carbonyl (C=O) groups excluding carboxylic acids is 2. The average Bonchev–Trinajstić information content (AvgIpc) is 2.65. The fraction of sp³-hybridized carbons (Fsp3) is 0.0909. The van der Waals surface area contributed by atoms with E-state index in [1.54, 1.807) is 24.3 Å². The molecule has 0 radical (unpaired) electrons. The van der Waals surface area contributed by atoms with Crippen molar-refractivity contribution in [3.8, 4) is 11.5 Å². The minimum Gasteiger partial charge on any atom is -0.423 e. The largest absolute Gasteiger partial charge is 0.423 e.